The maximum Gasteiger partial charge on any atom is 0.251 e. The van der Waals surface area contributed by atoms with Crippen LogP contribution < -0.4 is 21.3 Å². The first-order valence-corrected chi connectivity index (χ1v) is 9.20. The van der Waals surface area contributed by atoms with E-state index in [0.29, 0.717) is 19.4 Å². The van der Waals surface area contributed by atoms with E-state index < -0.39 is 18.1 Å². The molecule has 0 spiro atoms. The molecule has 3 amide bonds. The lowest BCUT2D eigenvalue weighted by molar-refractivity contribution is -0.134. The topological polar surface area (TPSA) is 120 Å². The highest BCUT2D eigenvalue weighted by Crippen LogP contribution is 2.21. The maximum atomic E-state index is 12.5. The van der Waals surface area contributed by atoms with Gasteiger partial charge in [-0.3, -0.25) is 14.4 Å². The highest BCUT2D eigenvalue weighted by molar-refractivity contribution is 5.86. The molecule has 0 aromatic rings. The van der Waals surface area contributed by atoms with Crippen LogP contribution >= 0.6 is 0 Å². The first-order valence-electron chi connectivity index (χ1n) is 9.20. The van der Waals surface area contributed by atoms with Gasteiger partial charge in [0.2, 0.25) is 11.8 Å². The van der Waals surface area contributed by atoms with Crippen molar-refractivity contribution in [2.45, 2.75) is 69.7 Å². The van der Waals surface area contributed by atoms with Crippen LogP contribution in [0.5, 0.6) is 0 Å². The fourth-order valence-corrected chi connectivity index (χ4v) is 3.12. The summed E-state index contributed by atoms with van der Waals surface area (Å²) in [4.78, 5) is 36.5. The summed E-state index contributed by atoms with van der Waals surface area (Å²) in [6, 6.07) is -1.05. The van der Waals surface area contributed by atoms with Gasteiger partial charge < -0.3 is 26.4 Å². The zero-order valence-electron chi connectivity index (χ0n) is 15.0. The minimum absolute atomic E-state index is 0.0900. The Hall–Kier alpha value is -1.67. The molecule has 1 saturated heterocycles. The number of aliphatic hydroxyl groups excluding tert-OH is 1. The highest BCUT2D eigenvalue weighted by atomic mass is 16.3. The zero-order valence-corrected chi connectivity index (χ0v) is 15.0. The van der Waals surface area contributed by atoms with Crippen molar-refractivity contribution in [3.8, 4) is 0 Å². The molecule has 0 aromatic heterocycles. The Bertz CT molecular complexity index is 495. The van der Waals surface area contributed by atoms with Crippen LogP contribution in [-0.4, -0.2) is 60.6 Å². The van der Waals surface area contributed by atoms with E-state index in [1.807, 2.05) is 6.92 Å². The Morgan fingerprint density at radius 3 is 2.52 bits per heavy atom. The molecule has 2 aliphatic rings. The van der Waals surface area contributed by atoms with Crippen LogP contribution in [0.25, 0.3) is 0 Å². The first kappa shape index (κ1) is 19.7. The van der Waals surface area contributed by atoms with E-state index in [9.17, 15) is 19.5 Å². The van der Waals surface area contributed by atoms with Crippen LogP contribution in [0.4, 0.5) is 0 Å². The molecule has 0 bridgehead atoms. The van der Waals surface area contributed by atoms with Crippen molar-refractivity contribution in [1.82, 2.24) is 21.3 Å². The molecule has 5 N–H and O–H groups in total. The number of rotatable bonds is 10. The molecule has 0 radical (unpaired) electrons. The van der Waals surface area contributed by atoms with Crippen LogP contribution in [0.2, 0.25) is 0 Å². The average molecular weight is 354 g/mol. The lowest BCUT2D eigenvalue weighted by Gasteiger charge is -2.27. The molecular formula is C17H30N4O4. The smallest absolute Gasteiger partial charge is 0.251 e. The minimum atomic E-state index is -1.36. The number of hydrogen-bond donors (Lipinski definition) is 5. The van der Waals surface area contributed by atoms with E-state index in [0.717, 1.165) is 19.3 Å². The summed E-state index contributed by atoms with van der Waals surface area (Å²) < 4.78 is 0. The Kier molecular flexibility index (Phi) is 7.19. The molecule has 2 fully saturated rings. The van der Waals surface area contributed by atoms with Gasteiger partial charge in [0.15, 0.2) is 6.10 Å². The Morgan fingerprint density at radius 1 is 1.28 bits per heavy atom. The van der Waals surface area contributed by atoms with E-state index in [2.05, 4.69) is 21.3 Å². The minimum Gasteiger partial charge on any atom is -0.381 e. The number of likely N-dealkylation sites (N-methyl/N-ethyl adjacent to an activating group) is 1. The van der Waals surface area contributed by atoms with Crippen LogP contribution in [0.3, 0.4) is 0 Å². The van der Waals surface area contributed by atoms with Gasteiger partial charge in [0.1, 0.15) is 0 Å². The number of aliphatic hydroxyl groups is 1. The summed E-state index contributed by atoms with van der Waals surface area (Å²) >= 11 is 0. The SMILES string of the molecule is CCC[C@H](NC)C(=O)N[C@@H](C[C@@H]1CCNC1=O)C(O)C(=O)NC1CC1. The fraction of sp³-hybridized carbons (Fsp3) is 0.824. The third kappa shape index (κ3) is 5.67. The van der Waals surface area contributed by atoms with E-state index in [1.165, 1.54) is 0 Å². The van der Waals surface area contributed by atoms with E-state index in [1.54, 1.807) is 7.05 Å². The number of hydrogen-bond acceptors (Lipinski definition) is 5. The first-order chi connectivity index (χ1) is 12.0. The summed E-state index contributed by atoms with van der Waals surface area (Å²) in [6.07, 6.45) is 2.85. The maximum absolute atomic E-state index is 12.5. The van der Waals surface area contributed by atoms with Gasteiger partial charge in [-0.15, -0.1) is 0 Å². The molecule has 4 atom stereocenters. The summed E-state index contributed by atoms with van der Waals surface area (Å²) in [5.74, 6) is -1.13. The quantitative estimate of drug-likeness (QED) is 0.346. The second-order valence-corrected chi connectivity index (χ2v) is 6.99. The predicted octanol–water partition coefficient (Wildman–Crippen LogP) is -0.975. The second-order valence-electron chi connectivity index (χ2n) is 6.99. The lowest BCUT2D eigenvalue weighted by atomic mass is 9.94. The Morgan fingerprint density at radius 2 is 2.00 bits per heavy atom. The highest BCUT2D eigenvalue weighted by Gasteiger charge is 2.36. The molecular weight excluding hydrogens is 324 g/mol. The average Bonchev–Trinajstić information content (AvgIpc) is 3.32. The third-order valence-corrected chi connectivity index (χ3v) is 4.84. The zero-order chi connectivity index (χ0) is 18.4. The predicted molar refractivity (Wildman–Crippen MR) is 92.6 cm³/mol. The summed E-state index contributed by atoms with van der Waals surface area (Å²) in [6.45, 7) is 2.57. The lowest BCUT2D eigenvalue weighted by Crippen LogP contribution is -2.55. The van der Waals surface area contributed by atoms with Crippen LogP contribution in [0, 0.1) is 5.92 Å². The molecule has 2 rings (SSSR count). The van der Waals surface area contributed by atoms with Crippen molar-refractivity contribution in [1.29, 1.82) is 0 Å². The molecule has 1 aliphatic heterocycles. The second kappa shape index (κ2) is 9.15. The van der Waals surface area contributed by atoms with E-state index in [4.69, 9.17) is 0 Å². The molecule has 142 valence electrons. The van der Waals surface area contributed by atoms with Gasteiger partial charge in [-0.1, -0.05) is 13.3 Å². The van der Waals surface area contributed by atoms with E-state index >= 15 is 0 Å². The monoisotopic (exact) mass is 354 g/mol. The molecule has 1 unspecified atom stereocenters. The van der Waals surface area contributed by atoms with Crippen LogP contribution in [0.1, 0.15) is 45.4 Å². The summed E-state index contributed by atoms with van der Waals surface area (Å²) in [7, 11) is 1.70. The van der Waals surface area contributed by atoms with Crippen molar-refractivity contribution < 1.29 is 19.5 Å². The van der Waals surface area contributed by atoms with Gasteiger partial charge in [-0.25, -0.2) is 0 Å². The van der Waals surface area contributed by atoms with Crippen molar-refractivity contribution in [2.75, 3.05) is 13.6 Å². The van der Waals surface area contributed by atoms with Crippen molar-refractivity contribution in [2.24, 2.45) is 5.92 Å². The number of carbonyl (C=O) groups excluding carboxylic acids is 3. The van der Waals surface area contributed by atoms with Crippen molar-refractivity contribution in [3.63, 3.8) is 0 Å². The normalized spacial score (nSPS) is 23.5. The van der Waals surface area contributed by atoms with Gasteiger partial charge in [-0.05, 0) is 39.2 Å². The molecule has 1 saturated carbocycles. The number of amides is 3. The third-order valence-electron chi connectivity index (χ3n) is 4.84. The molecule has 8 nitrogen and oxygen atoms in total. The molecule has 1 aliphatic carbocycles. The Balaban J connectivity index is 2.02. The molecule has 1 heterocycles. The summed E-state index contributed by atoms with van der Waals surface area (Å²) in [5.41, 5.74) is 0. The van der Waals surface area contributed by atoms with Crippen LogP contribution in [-0.2, 0) is 14.4 Å². The molecule has 8 heteroatoms. The Labute approximate surface area is 148 Å². The van der Waals surface area contributed by atoms with Gasteiger partial charge in [-0.2, -0.15) is 0 Å². The van der Waals surface area contributed by atoms with E-state index in [-0.39, 0.29) is 36.2 Å². The summed E-state index contributed by atoms with van der Waals surface area (Å²) in [5, 5.41) is 21.7. The van der Waals surface area contributed by atoms with Crippen molar-refractivity contribution in [3.05, 3.63) is 0 Å². The van der Waals surface area contributed by atoms with Gasteiger partial charge in [0.25, 0.3) is 5.91 Å². The largest absolute Gasteiger partial charge is 0.381 e. The van der Waals surface area contributed by atoms with Crippen molar-refractivity contribution >= 4 is 17.7 Å². The van der Waals surface area contributed by atoms with Crippen LogP contribution in [0.15, 0.2) is 0 Å². The number of carbonyl (C=O) groups is 3. The fourth-order valence-electron chi connectivity index (χ4n) is 3.12. The number of nitrogens with one attached hydrogen (secondary N) is 4. The standard InChI is InChI=1S/C17H30N4O4/c1-3-4-12(18-2)16(24)21-13(9-10-7-8-19-15(10)23)14(22)17(25)20-11-5-6-11/h10-14,18,22H,3-9H2,1-2H3,(H,19,23)(H,20,25)(H,21,24)/t10-,12-,13-,14?/m0/s1. The van der Waals surface area contributed by atoms with Gasteiger partial charge >= 0.3 is 0 Å². The molecule has 25 heavy (non-hydrogen) atoms. The molecule has 0 aromatic carbocycles. The van der Waals surface area contributed by atoms with Gasteiger partial charge in [0.05, 0.1) is 12.1 Å². The van der Waals surface area contributed by atoms with Gasteiger partial charge in [0, 0.05) is 18.5 Å².